The van der Waals surface area contributed by atoms with Crippen LogP contribution in [-0.4, -0.2) is 38.9 Å². The monoisotopic (exact) mass is 296 g/mol. The van der Waals surface area contributed by atoms with Crippen molar-refractivity contribution in [1.82, 2.24) is 4.31 Å². The van der Waals surface area contributed by atoms with Crippen molar-refractivity contribution >= 4 is 21.6 Å². The molecular weight excluding hydrogens is 285 g/mol. The number of halogens is 3. The number of nitrogens with zero attached hydrogens (tertiary/aromatic N) is 1. The molecule has 106 valence electrons. The Hall–Kier alpha value is -1.61. The third-order valence-electron chi connectivity index (χ3n) is 2.15. The summed E-state index contributed by atoms with van der Waals surface area (Å²) in [7, 11) is -0.996. The molecule has 0 bridgehead atoms. The molecule has 9 heteroatoms. The number of hydrogen-bond donors (Lipinski definition) is 1. The van der Waals surface area contributed by atoms with Crippen LogP contribution in [-0.2, 0) is 14.8 Å². The average Bonchev–Trinajstić information content (AvgIpc) is 2.28. The Bertz CT molecular complexity index is 565. The molecule has 0 saturated heterocycles. The maximum absolute atomic E-state index is 12.0. The number of alkyl halides is 3. The van der Waals surface area contributed by atoms with E-state index in [-0.39, 0.29) is 10.6 Å². The Morgan fingerprint density at radius 1 is 1.16 bits per heavy atom. The Kier molecular flexibility index (Phi) is 4.21. The summed E-state index contributed by atoms with van der Waals surface area (Å²) in [4.78, 5) is 10.6. The molecule has 0 fully saturated rings. The predicted octanol–water partition coefficient (Wildman–Crippen LogP) is 1.44. The average molecular weight is 296 g/mol. The fraction of sp³-hybridized carbons (Fsp3) is 0.300. The largest absolute Gasteiger partial charge is 0.471 e. The lowest BCUT2D eigenvalue weighted by atomic mass is 10.3. The highest BCUT2D eigenvalue weighted by atomic mass is 32.2. The first-order chi connectivity index (χ1) is 8.55. The van der Waals surface area contributed by atoms with Crippen molar-refractivity contribution in [2.24, 2.45) is 0 Å². The summed E-state index contributed by atoms with van der Waals surface area (Å²) in [5.41, 5.74) is -0.139. The van der Waals surface area contributed by atoms with Crippen molar-refractivity contribution < 1.29 is 26.4 Å². The summed E-state index contributed by atoms with van der Waals surface area (Å²) in [5.74, 6) is -2.12. The number of carbonyl (C=O) groups is 1. The molecule has 0 heterocycles. The fourth-order valence-electron chi connectivity index (χ4n) is 1.12. The number of anilines is 1. The zero-order chi connectivity index (χ0) is 14.8. The second-order valence-electron chi connectivity index (χ2n) is 3.76. The molecule has 1 rings (SSSR count). The van der Waals surface area contributed by atoms with Crippen LogP contribution in [0.4, 0.5) is 18.9 Å². The second kappa shape index (κ2) is 5.17. The van der Waals surface area contributed by atoms with Crippen LogP contribution in [0.15, 0.2) is 29.2 Å². The van der Waals surface area contributed by atoms with Gasteiger partial charge in [-0.3, -0.25) is 4.79 Å². The summed E-state index contributed by atoms with van der Waals surface area (Å²) in [5, 5.41) is 1.62. The molecule has 0 aliphatic rings. The van der Waals surface area contributed by atoms with Crippen molar-refractivity contribution in [2.75, 3.05) is 19.4 Å². The minimum absolute atomic E-state index is 0.0810. The Balaban J connectivity index is 2.93. The fourth-order valence-corrected chi connectivity index (χ4v) is 2.02. The van der Waals surface area contributed by atoms with Gasteiger partial charge in [-0.2, -0.15) is 13.2 Å². The van der Waals surface area contributed by atoms with Gasteiger partial charge in [-0.15, -0.1) is 0 Å². The van der Waals surface area contributed by atoms with Gasteiger partial charge in [-0.25, -0.2) is 12.7 Å². The van der Waals surface area contributed by atoms with Gasteiger partial charge in [0.15, 0.2) is 0 Å². The molecule has 0 atom stereocenters. The van der Waals surface area contributed by atoms with Crippen molar-refractivity contribution in [3.8, 4) is 0 Å². The molecule has 0 unspecified atom stereocenters. The van der Waals surface area contributed by atoms with E-state index >= 15 is 0 Å². The first kappa shape index (κ1) is 15.4. The van der Waals surface area contributed by atoms with Crippen LogP contribution in [0.25, 0.3) is 0 Å². The maximum Gasteiger partial charge on any atom is 0.471 e. The Labute approximate surface area is 108 Å². The number of amides is 1. The van der Waals surface area contributed by atoms with Gasteiger partial charge >= 0.3 is 12.1 Å². The highest BCUT2D eigenvalue weighted by Crippen LogP contribution is 2.20. The zero-order valence-corrected chi connectivity index (χ0v) is 10.8. The van der Waals surface area contributed by atoms with Crippen LogP contribution in [0.5, 0.6) is 0 Å². The van der Waals surface area contributed by atoms with E-state index in [9.17, 15) is 26.4 Å². The third-order valence-corrected chi connectivity index (χ3v) is 3.98. The van der Waals surface area contributed by atoms with E-state index in [4.69, 9.17) is 0 Å². The summed E-state index contributed by atoms with van der Waals surface area (Å²) < 4.78 is 60.3. The van der Waals surface area contributed by atoms with Gasteiger partial charge in [0.05, 0.1) is 4.90 Å². The topological polar surface area (TPSA) is 66.5 Å². The van der Waals surface area contributed by atoms with Gasteiger partial charge in [0.2, 0.25) is 10.0 Å². The molecule has 1 amide bonds. The molecule has 1 aromatic carbocycles. The minimum atomic E-state index is -4.99. The number of rotatable bonds is 3. The molecule has 0 aliphatic heterocycles. The van der Waals surface area contributed by atoms with Crippen molar-refractivity contribution in [3.63, 3.8) is 0 Å². The zero-order valence-electron chi connectivity index (χ0n) is 10.0. The summed E-state index contributed by atoms with van der Waals surface area (Å²) in [6.45, 7) is 0. The number of carbonyl (C=O) groups excluding carboxylic acids is 1. The van der Waals surface area contributed by atoms with Gasteiger partial charge in [0.1, 0.15) is 0 Å². The first-order valence-electron chi connectivity index (χ1n) is 4.96. The standard InChI is InChI=1S/C10H11F3N2O3S/c1-15(2)19(17,18)8-5-3-7(4-6-8)14-9(16)10(11,12)13/h3-6H,1-2H3,(H,14,16). The van der Waals surface area contributed by atoms with Crippen LogP contribution in [0, 0.1) is 0 Å². The van der Waals surface area contributed by atoms with Crippen LogP contribution in [0.1, 0.15) is 0 Å². The molecular formula is C10H11F3N2O3S. The summed E-state index contributed by atoms with van der Waals surface area (Å²) in [6.07, 6.45) is -4.99. The van der Waals surface area contributed by atoms with E-state index in [2.05, 4.69) is 0 Å². The number of benzene rings is 1. The highest BCUT2D eigenvalue weighted by Gasteiger charge is 2.38. The van der Waals surface area contributed by atoms with Crippen LogP contribution < -0.4 is 5.32 Å². The second-order valence-corrected chi connectivity index (χ2v) is 5.92. The summed E-state index contributed by atoms with van der Waals surface area (Å²) in [6, 6.07) is 4.39. The molecule has 1 N–H and O–H groups in total. The van der Waals surface area contributed by atoms with Gasteiger partial charge in [0.25, 0.3) is 0 Å². The van der Waals surface area contributed by atoms with E-state index in [1.807, 2.05) is 0 Å². The van der Waals surface area contributed by atoms with E-state index in [1.54, 1.807) is 5.32 Å². The van der Waals surface area contributed by atoms with Crippen molar-refractivity contribution in [1.29, 1.82) is 0 Å². The van der Waals surface area contributed by atoms with E-state index < -0.39 is 22.1 Å². The minimum Gasteiger partial charge on any atom is -0.318 e. The lowest BCUT2D eigenvalue weighted by Crippen LogP contribution is -2.29. The first-order valence-corrected chi connectivity index (χ1v) is 6.40. The lowest BCUT2D eigenvalue weighted by molar-refractivity contribution is -0.167. The molecule has 5 nitrogen and oxygen atoms in total. The highest BCUT2D eigenvalue weighted by molar-refractivity contribution is 7.89. The number of sulfonamides is 1. The normalized spacial score (nSPS) is 12.5. The van der Waals surface area contributed by atoms with Crippen LogP contribution in [0.2, 0.25) is 0 Å². The predicted molar refractivity (Wildman–Crippen MR) is 62.0 cm³/mol. The third kappa shape index (κ3) is 3.67. The smallest absolute Gasteiger partial charge is 0.318 e. The maximum atomic E-state index is 12.0. The van der Waals surface area contributed by atoms with E-state index in [1.165, 1.54) is 14.1 Å². The van der Waals surface area contributed by atoms with Gasteiger partial charge in [-0.1, -0.05) is 0 Å². The van der Waals surface area contributed by atoms with E-state index in [0.717, 1.165) is 28.6 Å². The van der Waals surface area contributed by atoms with Crippen molar-refractivity contribution in [3.05, 3.63) is 24.3 Å². The molecule has 19 heavy (non-hydrogen) atoms. The molecule has 0 spiro atoms. The van der Waals surface area contributed by atoms with Crippen LogP contribution >= 0.6 is 0 Å². The quantitative estimate of drug-likeness (QED) is 0.917. The van der Waals surface area contributed by atoms with Gasteiger partial charge < -0.3 is 5.32 Å². The Morgan fingerprint density at radius 3 is 2.00 bits per heavy atom. The van der Waals surface area contributed by atoms with Gasteiger partial charge in [-0.05, 0) is 24.3 Å². The van der Waals surface area contributed by atoms with Crippen molar-refractivity contribution in [2.45, 2.75) is 11.1 Å². The Morgan fingerprint density at radius 2 is 1.63 bits per heavy atom. The molecule has 0 aliphatic carbocycles. The molecule has 0 saturated carbocycles. The summed E-state index contributed by atoms with van der Waals surface area (Å²) >= 11 is 0. The SMILES string of the molecule is CN(C)S(=O)(=O)c1ccc(NC(=O)C(F)(F)F)cc1. The molecule has 0 aromatic heterocycles. The van der Waals surface area contributed by atoms with Crippen LogP contribution in [0.3, 0.4) is 0 Å². The lowest BCUT2D eigenvalue weighted by Gasteiger charge is -2.12. The van der Waals surface area contributed by atoms with E-state index in [0.29, 0.717) is 0 Å². The number of hydrogen-bond acceptors (Lipinski definition) is 3. The number of nitrogens with one attached hydrogen (secondary N) is 1. The van der Waals surface area contributed by atoms with Gasteiger partial charge in [0, 0.05) is 19.8 Å². The molecule has 1 aromatic rings. The molecule has 0 radical (unpaired) electrons.